The Morgan fingerprint density at radius 1 is 1.35 bits per heavy atom. The molecule has 2 aromatic rings. The molecule has 2 rings (SSSR count). The second-order valence-corrected chi connectivity index (χ2v) is 5.60. The zero-order valence-corrected chi connectivity index (χ0v) is 13.6. The molecule has 23 heavy (non-hydrogen) atoms. The van der Waals surface area contributed by atoms with Gasteiger partial charge in [0.2, 0.25) is 0 Å². The Bertz CT molecular complexity index is 767. The number of nitro groups is 1. The van der Waals surface area contributed by atoms with E-state index < -0.39 is 23.3 Å². The summed E-state index contributed by atoms with van der Waals surface area (Å²) in [6, 6.07) is 8.58. The van der Waals surface area contributed by atoms with Crippen LogP contribution in [0.25, 0.3) is 0 Å². The summed E-state index contributed by atoms with van der Waals surface area (Å²) in [4.78, 5) is 22.2. The molecule has 0 saturated heterocycles. The van der Waals surface area contributed by atoms with E-state index in [1.165, 1.54) is 24.3 Å². The van der Waals surface area contributed by atoms with Gasteiger partial charge in [-0.3, -0.25) is 14.9 Å². The molecule has 1 N–H and O–H groups in total. The van der Waals surface area contributed by atoms with Gasteiger partial charge in [-0.05, 0) is 36.8 Å². The van der Waals surface area contributed by atoms with Crippen LogP contribution in [0.15, 0.2) is 40.9 Å². The lowest BCUT2D eigenvalue weighted by Gasteiger charge is -2.09. The minimum atomic E-state index is -0.626. The van der Waals surface area contributed by atoms with E-state index in [1.54, 1.807) is 19.1 Å². The van der Waals surface area contributed by atoms with Gasteiger partial charge in [0.05, 0.1) is 4.92 Å². The van der Waals surface area contributed by atoms with E-state index in [-0.39, 0.29) is 17.1 Å². The fraction of sp³-hybridized carbons (Fsp3) is 0.133. The van der Waals surface area contributed by atoms with Crippen molar-refractivity contribution in [1.82, 2.24) is 0 Å². The van der Waals surface area contributed by atoms with Gasteiger partial charge in [-0.15, -0.1) is 0 Å². The van der Waals surface area contributed by atoms with Crippen molar-refractivity contribution in [3.8, 4) is 5.75 Å². The van der Waals surface area contributed by atoms with Crippen LogP contribution in [0.4, 0.5) is 15.8 Å². The second-order valence-electron chi connectivity index (χ2n) is 4.69. The highest BCUT2D eigenvalue weighted by atomic mass is 79.9. The van der Waals surface area contributed by atoms with E-state index in [9.17, 15) is 19.3 Å². The van der Waals surface area contributed by atoms with E-state index in [4.69, 9.17) is 4.74 Å². The quantitative estimate of drug-likeness (QED) is 0.629. The Labute approximate surface area is 139 Å². The van der Waals surface area contributed by atoms with Crippen molar-refractivity contribution >= 4 is 33.2 Å². The van der Waals surface area contributed by atoms with Crippen LogP contribution in [0.3, 0.4) is 0 Å². The molecule has 0 radical (unpaired) electrons. The first kappa shape index (κ1) is 16.9. The molecule has 0 aromatic heterocycles. The molecule has 0 unspecified atom stereocenters. The Balaban J connectivity index is 2.04. The predicted octanol–water partition coefficient (Wildman–Crippen LogP) is 3.82. The molecule has 0 bridgehead atoms. The number of carbonyl (C=O) groups excluding carboxylic acids is 1. The van der Waals surface area contributed by atoms with Crippen LogP contribution in [-0.2, 0) is 4.79 Å². The number of hydrogen-bond acceptors (Lipinski definition) is 4. The van der Waals surface area contributed by atoms with Crippen molar-refractivity contribution in [3.05, 3.63) is 62.4 Å². The summed E-state index contributed by atoms with van der Waals surface area (Å²) in [6.45, 7) is 1.24. The average molecular weight is 383 g/mol. The van der Waals surface area contributed by atoms with Crippen molar-refractivity contribution in [2.24, 2.45) is 0 Å². The third kappa shape index (κ3) is 4.49. The molecule has 2 aromatic carbocycles. The van der Waals surface area contributed by atoms with Gasteiger partial charge in [0.1, 0.15) is 5.69 Å². The van der Waals surface area contributed by atoms with E-state index in [0.717, 1.165) is 0 Å². The lowest BCUT2D eigenvalue weighted by atomic mass is 10.2. The highest BCUT2D eigenvalue weighted by molar-refractivity contribution is 9.10. The van der Waals surface area contributed by atoms with Gasteiger partial charge >= 0.3 is 0 Å². The number of ether oxygens (including phenoxy) is 1. The number of rotatable bonds is 5. The Morgan fingerprint density at radius 2 is 2.09 bits per heavy atom. The van der Waals surface area contributed by atoms with Crippen LogP contribution in [0.5, 0.6) is 5.75 Å². The molecule has 0 aliphatic heterocycles. The maximum absolute atomic E-state index is 13.6. The summed E-state index contributed by atoms with van der Waals surface area (Å²) in [5.74, 6) is -1.32. The van der Waals surface area contributed by atoms with Crippen LogP contribution < -0.4 is 10.1 Å². The second kappa shape index (κ2) is 7.19. The van der Waals surface area contributed by atoms with Gasteiger partial charge in [0, 0.05) is 10.5 Å². The van der Waals surface area contributed by atoms with Crippen molar-refractivity contribution < 1.29 is 18.8 Å². The number of nitrogens with zero attached hydrogens (tertiary/aromatic N) is 1. The zero-order valence-electron chi connectivity index (χ0n) is 12.0. The lowest BCUT2D eigenvalue weighted by Crippen LogP contribution is -2.21. The molecule has 0 aliphatic carbocycles. The minimum absolute atomic E-state index is 0.0606. The number of nitro benzene ring substituents is 1. The number of halogens is 2. The molecule has 0 saturated carbocycles. The van der Waals surface area contributed by atoms with Gasteiger partial charge < -0.3 is 10.1 Å². The van der Waals surface area contributed by atoms with Crippen molar-refractivity contribution in [1.29, 1.82) is 0 Å². The smallest absolute Gasteiger partial charge is 0.293 e. The monoisotopic (exact) mass is 382 g/mol. The van der Waals surface area contributed by atoms with Crippen LogP contribution in [0, 0.1) is 22.9 Å². The van der Waals surface area contributed by atoms with Crippen molar-refractivity contribution in [3.63, 3.8) is 0 Å². The number of carbonyl (C=O) groups is 1. The van der Waals surface area contributed by atoms with Gasteiger partial charge in [0.25, 0.3) is 11.6 Å². The predicted molar refractivity (Wildman–Crippen MR) is 86.1 cm³/mol. The van der Waals surface area contributed by atoms with Crippen LogP contribution >= 0.6 is 15.9 Å². The van der Waals surface area contributed by atoms with E-state index in [2.05, 4.69) is 21.2 Å². The first-order valence-corrected chi connectivity index (χ1v) is 7.29. The van der Waals surface area contributed by atoms with Crippen LogP contribution in [0.2, 0.25) is 0 Å². The topological polar surface area (TPSA) is 81.5 Å². The van der Waals surface area contributed by atoms with Crippen LogP contribution in [0.1, 0.15) is 5.56 Å². The third-order valence-electron chi connectivity index (χ3n) is 2.88. The van der Waals surface area contributed by atoms with E-state index >= 15 is 0 Å². The standard InChI is InChI=1S/C15H12BrFN2O4/c1-9-2-4-12(13(6-9)19(21)22)18-15(20)8-23-14-5-3-10(16)7-11(14)17/h2-7H,8H2,1H3,(H,18,20). The number of benzene rings is 2. The molecular formula is C15H12BrFN2O4. The fourth-order valence-electron chi connectivity index (χ4n) is 1.82. The average Bonchev–Trinajstić information content (AvgIpc) is 2.48. The molecule has 0 atom stereocenters. The first-order valence-electron chi connectivity index (χ1n) is 6.49. The molecule has 120 valence electrons. The van der Waals surface area contributed by atoms with Gasteiger partial charge in [-0.1, -0.05) is 22.0 Å². The Hall–Kier alpha value is -2.48. The summed E-state index contributed by atoms with van der Waals surface area (Å²) in [7, 11) is 0. The third-order valence-corrected chi connectivity index (χ3v) is 3.37. The number of nitrogens with one attached hydrogen (secondary N) is 1. The van der Waals surface area contributed by atoms with Gasteiger partial charge in [0.15, 0.2) is 18.2 Å². The minimum Gasteiger partial charge on any atom is -0.481 e. The fourth-order valence-corrected chi connectivity index (χ4v) is 2.15. The molecule has 1 amide bonds. The normalized spacial score (nSPS) is 10.2. The first-order chi connectivity index (χ1) is 10.9. The highest BCUT2D eigenvalue weighted by Gasteiger charge is 2.16. The zero-order chi connectivity index (χ0) is 17.0. The van der Waals surface area contributed by atoms with Gasteiger partial charge in [-0.2, -0.15) is 0 Å². The molecule has 8 heteroatoms. The van der Waals surface area contributed by atoms with Crippen molar-refractivity contribution in [2.75, 3.05) is 11.9 Å². The summed E-state index contributed by atoms with van der Waals surface area (Å²) >= 11 is 3.11. The van der Waals surface area contributed by atoms with Crippen molar-refractivity contribution in [2.45, 2.75) is 6.92 Å². The number of aryl methyl sites for hydroxylation is 1. The Kier molecular flexibility index (Phi) is 5.28. The molecule has 0 aliphatic rings. The maximum atomic E-state index is 13.6. The largest absolute Gasteiger partial charge is 0.481 e. The summed E-state index contributed by atoms with van der Waals surface area (Å²) in [6.07, 6.45) is 0. The van der Waals surface area contributed by atoms with E-state index in [1.807, 2.05) is 0 Å². The number of anilines is 1. The summed E-state index contributed by atoms with van der Waals surface area (Å²) in [5.41, 5.74) is 0.543. The highest BCUT2D eigenvalue weighted by Crippen LogP contribution is 2.25. The van der Waals surface area contributed by atoms with Crippen LogP contribution in [-0.4, -0.2) is 17.4 Å². The molecule has 0 heterocycles. The Morgan fingerprint density at radius 3 is 2.74 bits per heavy atom. The van der Waals surface area contributed by atoms with Gasteiger partial charge in [-0.25, -0.2) is 4.39 Å². The summed E-state index contributed by atoms with van der Waals surface area (Å²) in [5, 5.41) is 13.4. The SMILES string of the molecule is Cc1ccc(NC(=O)COc2ccc(Br)cc2F)c([N+](=O)[O-])c1. The molecule has 0 spiro atoms. The lowest BCUT2D eigenvalue weighted by molar-refractivity contribution is -0.384. The number of hydrogen-bond donors (Lipinski definition) is 1. The van der Waals surface area contributed by atoms with E-state index in [0.29, 0.717) is 10.0 Å². The molecular weight excluding hydrogens is 371 g/mol. The summed E-state index contributed by atoms with van der Waals surface area (Å²) < 4.78 is 19.2. The molecule has 6 nitrogen and oxygen atoms in total. The maximum Gasteiger partial charge on any atom is 0.293 e. The molecule has 0 fully saturated rings. The number of amides is 1.